The normalized spacial score (nSPS) is 12.4. The van der Waals surface area contributed by atoms with Gasteiger partial charge in [-0.25, -0.2) is 0 Å². The van der Waals surface area contributed by atoms with Crippen molar-refractivity contribution in [1.82, 2.24) is 5.32 Å². The van der Waals surface area contributed by atoms with E-state index < -0.39 is 12.1 Å². The molecule has 0 aliphatic carbocycles. The maximum absolute atomic E-state index is 12.6. The number of hydrogen-bond donors (Lipinski definition) is 3. The van der Waals surface area contributed by atoms with Crippen LogP contribution in [0.15, 0.2) is 12.2 Å². The van der Waals surface area contributed by atoms with Crippen molar-refractivity contribution in [3.63, 3.8) is 0 Å². The number of rotatable bonds is 80. The highest BCUT2D eigenvalue weighted by Crippen LogP contribution is 2.21. The molecule has 6 heteroatoms. The first-order valence-corrected chi connectivity index (χ1v) is 41.9. The Kier molecular flexibility index (Phi) is 78.8. The van der Waals surface area contributed by atoms with Gasteiger partial charge < -0.3 is 20.3 Å². The second-order valence-corrected chi connectivity index (χ2v) is 29.2. The molecule has 2 unspecified atom stereocenters. The molecule has 0 bridgehead atoms. The SMILES string of the molecule is CCCCC/C=C\CCCCCCCC(=O)OCCCCCCCCCCCCCCCCCCCCCCCCCCCCCCCCCCCCCCCC(=O)NC(CO)C(O)CCCCCCCCCCCCCCCCCCCCCCCCCC. The molecule has 2 atom stereocenters. The maximum Gasteiger partial charge on any atom is 0.305 e. The molecule has 3 N–H and O–H groups in total. The van der Waals surface area contributed by atoms with E-state index in [1.807, 2.05) is 0 Å². The van der Waals surface area contributed by atoms with E-state index in [0.717, 1.165) is 44.9 Å². The van der Waals surface area contributed by atoms with E-state index in [2.05, 4.69) is 31.3 Å². The zero-order chi connectivity index (χ0) is 64.9. The van der Waals surface area contributed by atoms with E-state index in [9.17, 15) is 19.8 Å². The Bertz CT molecular complexity index is 1370. The summed E-state index contributed by atoms with van der Waals surface area (Å²) in [4.78, 5) is 24.6. The van der Waals surface area contributed by atoms with Gasteiger partial charge >= 0.3 is 5.97 Å². The molecule has 0 aromatic heterocycles. The molecule has 0 radical (unpaired) electrons. The highest BCUT2D eigenvalue weighted by atomic mass is 16.5. The third-order valence-electron chi connectivity index (χ3n) is 20.1. The Labute approximate surface area is 565 Å². The number of esters is 1. The van der Waals surface area contributed by atoms with Crippen LogP contribution in [0.4, 0.5) is 0 Å². The molecular formula is C84H165NO5. The van der Waals surface area contributed by atoms with Gasteiger partial charge in [-0.05, 0) is 51.4 Å². The van der Waals surface area contributed by atoms with E-state index in [1.54, 1.807) is 0 Å². The first-order valence-electron chi connectivity index (χ1n) is 41.9. The smallest absolute Gasteiger partial charge is 0.305 e. The molecular weight excluding hydrogens is 1100 g/mol. The predicted molar refractivity (Wildman–Crippen MR) is 398 cm³/mol. The van der Waals surface area contributed by atoms with Crippen molar-refractivity contribution in [3.05, 3.63) is 12.2 Å². The first-order chi connectivity index (χ1) is 44.5. The number of unbranched alkanes of at least 4 members (excludes halogenated alkanes) is 67. The van der Waals surface area contributed by atoms with Gasteiger partial charge in [-0.1, -0.05) is 437 Å². The molecule has 6 nitrogen and oxygen atoms in total. The summed E-state index contributed by atoms with van der Waals surface area (Å²) in [7, 11) is 0. The fourth-order valence-corrected chi connectivity index (χ4v) is 13.7. The number of aliphatic hydroxyl groups excluding tert-OH is 2. The molecule has 0 saturated carbocycles. The van der Waals surface area contributed by atoms with Crippen LogP contribution in [0.5, 0.6) is 0 Å². The van der Waals surface area contributed by atoms with Crippen molar-refractivity contribution in [3.8, 4) is 0 Å². The van der Waals surface area contributed by atoms with Crippen LogP contribution in [0.25, 0.3) is 0 Å². The highest BCUT2D eigenvalue weighted by molar-refractivity contribution is 5.76. The summed E-state index contributed by atoms with van der Waals surface area (Å²) in [6, 6.07) is -0.538. The Balaban J connectivity index is 3.31. The number of aliphatic hydroxyl groups is 2. The van der Waals surface area contributed by atoms with E-state index in [0.29, 0.717) is 25.9 Å². The maximum atomic E-state index is 12.6. The topological polar surface area (TPSA) is 95.9 Å². The fourth-order valence-electron chi connectivity index (χ4n) is 13.7. The monoisotopic (exact) mass is 1270 g/mol. The van der Waals surface area contributed by atoms with Gasteiger partial charge in [0.05, 0.1) is 25.4 Å². The highest BCUT2D eigenvalue weighted by Gasteiger charge is 2.20. The van der Waals surface area contributed by atoms with Gasteiger partial charge in [0.25, 0.3) is 0 Å². The summed E-state index contributed by atoms with van der Waals surface area (Å²) in [5.41, 5.74) is 0. The Morgan fingerprint density at radius 3 is 0.811 bits per heavy atom. The van der Waals surface area contributed by atoms with E-state index in [4.69, 9.17) is 4.74 Å². The van der Waals surface area contributed by atoms with Gasteiger partial charge in [0.15, 0.2) is 0 Å². The Hall–Kier alpha value is -1.40. The van der Waals surface area contributed by atoms with Crippen LogP contribution >= 0.6 is 0 Å². The lowest BCUT2D eigenvalue weighted by atomic mass is 10.0. The largest absolute Gasteiger partial charge is 0.466 e. The summed E-state index contributed by atoms with van der Waals surface area (Å²) >= 11 is 0. The van der Waals surface area contributed by atoms with Crippen molar-refractivity contribution < 1.29 is 24.5 Å². The molecule has 0 aliphatic rings. The van der Waals surface area contributed by atoms with Gasteiger partial charge in [-0.15, -0.1) is 0 Å². The molecule has 0 aliphatic heterocycles. The van der Waals surface area contributed by atoms with Gasteiger partial charge in [-0.3, -0.25) is 9.59 Å². The quantitative estimate of drug-likeness (QED) is 0.0320. The average molecular weight is 1270 g/mol. The molecule has 90 heavy (non-hydrogen) atoms. The molecule has 0 fully saturated rings. The molecule has 0 aromatic carbocycles. The summed E-state index contributed by atoms with van der Waals surface area (Å²) in [5.74, 6) is -0.00832. The number of carbonyl (C=O) groups excluding carboxylic acids is 2. The molecule has 0 spiro atoms. The van der Waals surface area contributed by atoms with E-state index in [1.165, 1.54) is 411 Å². The Morgan fingerprint density at radius 2 is 0.522 bits per heavy atom. The van der Waals surface area contributed by atoms with Gasteiger partial charge in [-0.2, -0.15) is 0 Å². The summed E-state index contributed by atoms with van der Waals surface area (Å²) in [6.07, 6.45) is 102. The van der Waals surface area contributed by atoms with Crippen LogP contribution in [0.2, 0.25) is 0 Å². The lowest BCUT2D eigenvalue weighted by molar-refractivity contribution is -0.143. The third kappa shape index (κ3) is 75.6. The van der Waals surface area contributed by atoms with Crippen LogP contribution < -0.4 is 5.32 Å². The molecule has 0 aromatic rings. The van der Waals surface area contributed by atoms with Crippen LogP contribution in [-0.4, -0.2) is 47.4 Å². The molecule has 536 valence electrons. The van der Waals surface area contributed by atoms with E-state index in [-0.39, 0.29) is 18.5 Å². The lowest BCUT2D eigenvalue weighted by Crippen LogP contribution is -2.45. The number of carbonyl (C=O) groups is 2. The van der Waals surface area contributed by atoms with Crippen LogP contribution in [0.3, 0.4) is 0 Å². The molecule has 0 rings (SSSR count). The van der Waals surface area contributed by atoms with Crippen molar-refractivity contribution in [1.29, 1.82) is 0 Å². The molecule has 0 saturated heterocycles. The van der Waals surface area contributed by atoms with Gasteiger partial charge in [0.2, 0.25) is 5.91 Å². The third-order valence-corrected chi connectivity index (χ3v) is 20.1. The minimum atomic E-state index is -0.661. The standard InChI is InChI=1S/C84H165NO5/c1-3-5-7-9-11-13-15-17-18-19-20-21-22-38-41-44-47-50-53-56-60-64-68-72-76-82(87)81(80-86)85-83(88)77-73-69-65-61-57-54-51-48-45-42-39-36-34-32-30-28-26-24-23-25-27-29-31-33-35-37-40-43-46-49-52-55-59-63-67-71-75-79-90-84(89)78-74-70-66-62-58-16-14-12-10-8-6-4-2/h12,14,81-82,86-87H,3-11,13,15-80H2,1-2H3,(H,85,88)/b14-12-. The van der Waals surface area contributed by atoms with Crippen molar-refractivity contribution in [2.24, 2.45) is 0 Å². The fraction of sp³-hybridized carbons (Fsp3) is 0.952. The minimum Gasteiger partial charge on any atom is -0.466 e. The average Bonchev–Trinajstić information content (AvgIpc) is 3.63. The number of allylic oxidation sites excluding steroid dienone is 2. The van der Waals surface area contributed by atoms with E-state index >= 15 is 0 Å². The van der Waals surface area contributed by atoms with Crippen LogP contribution in [0, 0.1) is 0 Å². The molecule has 0 heterocycles. The molecule has 1 amide bonds. The number of ether oxygens (including phenoxy) is 1. The summed E-state index contributed by atoms with van der Waals surface area (Å²) < 4.78 is 5.48. The van der Waals surface area contributed by atoms with Crippen molar-refractivity contribution in [2.75, 3.05) is 13.2 Å². The minimum absolute atomic E-state index is 0.0144. The second kappa shape index (κ2) is 80.0. The number of hydrogen-bond acceptors (Lipinski definition) is 5. The summed E-state index contributed by atoms with van der Waals surface area (Å²) in [5, 5.41) is 23.5. The number of amides is 1. The second-order valence-electron chi connectivity index (χ2n) is 29.2. The summed E-state index contributed by atoms with van der Waals surface area (Å²) in [6.45, 7) is 4.99. The van der Waals surface area contributed by atoms with Crippen LogP contribution in [-0.2, 0) is 14.3 Å². The predicted octanol–water partition coefficient (Wildman–Crippen LogP) is 27.8. The van der Waals surface area contributed by atoms with Gasteiger partial charge in [0.1, 0.15) is 0 Å². The first kappa shape index (κ1) is 88.6. The zero-order valence-corrected chi connectivity index (χ0v) is 61.7. The number of nitrogens with one attached hydrogen (secondary N) is 1. The van der Waals surface area contributed by atoms with Crippen LogP contribution in [0.1, 0.15) is 489 Å². The Morgan fingerprint density at radius 1 is 0.300 bits per heavy atom. The van der Waals surface area contributed by atoms with Crippen molar-refractivity contribution in [2.45, 2.75) is 501 Å². The van der Waals surface area contributed by atoms with Crippen molar-refractivity contribution >= 4 is 11.9 Å². The van der Waals surface area contributed by atoms with Gasteiger partial charge in [0, 0.05) is 12.8 Å². The zero-order valence-electron chi connectivity index (χ0n) is 61.7. The lowest BCUT2D eigenvalue weighted by Gasteiger charge is -2.22.